The van der Waals surface area contributed by atoms with Crippen molar-refractivity contribution in [2.24, 2.45) is 0 Å². The number of hydrogen-bond acceptors (Lipinski definition) is 2. The van der Waals surface area contributed by atoms with Crippen LogP contribution in [0.15, 0.2) is 47.1 Å². The third-order valence-corrected chi connectivity index (χ3v) is 2.94. The number of nitrogens with zero attached hydrogens (tertiary/aromatic N) is 1. The lowest BCUT2D eigenvalue weighted by atomic mass is 10.2. The molecule has 0 bridgehead atoms. The van der Waals surface area contributed by atoms with E-state index in [1.807, 2.05) is 12.1 Å². The van der Waals surface area contributed by atoms with E-state index < -0.39 is 11.7 Å². The van der Waals surface area contributed by atoms with Crippen LogP contribution in [-0.4, -0.2) is 4.98 Å². The Labute approximate surface area is 116 Å². The predicted octanol–water partition coefficient (Wildman–Crippen LogP) is 4.48. The molecule has 6 heteroatoms. The summed E-state index contributed by atoms with van der Waals surface area (Å²) in [5, 5.41) is 3.01. The second-order valence-corrected chi connectivity index (χ2v) is 4.81. The van der Waals surface area contributed by atoms with E-state index in [9.17, 15) is 13.2 Å². The predicted molar refractivity (Wildman–Crippen MR) is 70.7 cm³/mol. The molecule has 1 aromatic heterocycles. The van der Waals surface area contributed by atoms with Gasteiger partial charge in [-0.25, -0.2) is 0 Å². The van der Waals surface area contributed by atoms with Gasteiger partial charge in [0.1, 0.15) is 0 Å². The summed E-state index contributed by atoms with van der Waals surface area (Å²) in [4.78, 5) is 4.16. The SMILES string of the molecule is FC(F)(F)c1ccc(NCc2ccc(Br)cn2)cc1. The number of aromatic nitrogens is 1. The van der Waals surface area contributed by atoms with E-state index in [0.29, 0.717) is 12.2 Å². The normalized spacial score (nSPS) is 11.4. The Bertz CT molecular complexity index is 535. The molecule has 0 fully saturated rings. The van der Waals surface area contributed by atoms with Crippen molar-refractivity contribution in [3.63, 3.8) is 0 Å². The summed E-state index contributed by atoms with van der Waals surface area (Å²) in [5.74, 6) is 0. The molecule has 2 aromatic rings. The topological polar surface area (TPSA) is 24.9 Å². The molecule has 2 nitrogen and oxygen atoms in total. The van der Waals surface area contributed by atoms with Crippen LogP contribution in [0.4, 0.5) is 18.9 Å². The average Bonchev–Trinajstić information content (AvgIpc) is 2.37. The van der Waals surface area contributed by atoms with Crippen LogP contribution in [0.2, 0.25) is 0 Å². The first-order valence-corrected chi connectivity index (χ1v) is 6.26. The minimum absolute atomic E-state index is 0.457. The highest BCUT2D eigenvalue weighted by molar-refractivity contribution is 9.10. The lowest BCUT2D eigenvalue weighted by molar-refractivity contribution is -0.137. The van der Waals surface area contributed by atoms with E-state index in [1.165, 1.54) is 12.1 Å². The Balaban J connectivity index is 1.98. The number of alkyl halides is 3. The van der Waals surface area contributed by atoms with Gasteiger partial charge in [0.2, 0.25) is 0 Å². The van der Waals surface area contributed by atoms with Crippen molar-refractivity contribution < 1.29 is 13.2 Å². The number of hydrogen-bond donors (Lipinski definition) is 1. The van der Waals surface area contributed by atoms with Gasteiger partial charge in [-0.2, -0.15) is 13.2 Å². The smallest absolute Gasteiger partial charge is 0.379 e. The van der Waals surface area contributed by atoms with Gasteiger partial charge in [0.15, 0.2) is 0 Å². The molecule has 0 aliphatic carbocycles. The van der Waals surface area contributed by atoms with Crippen LogP contribution in [0.3, 0.4) is 0 Å². The van der Waals surface area contributed by atoms with E-state index in [4.69, 9.17) is 0 Å². The van der Waals surface area contributed by atoms with Crippen molar-refractivity contribution in [3.05, 3.63) is 58.3 Å². The van der Waals surface area contributed by atoms with Gasteiger partial charge in [0.25, 0.3) is 0 Å². The molecule has 0 saturated carbocycles. The van der Waals surface area contributed by atoms with Crippen LogP contribution < -0.4 is 5.32 Å². The van der Waals surface area contributed by atoms with Crippen LogP contribution in [0.25, 0.3) is 0 Å². The Hall–Kier alpha value is -1.56. The number of nitrogens with one attached hydrogen (secondary N) is 1. The van der Waals surface area contributed by atoms with E-state index in [0.717, 1.165) is 22.3 Å². The van der Waals surface area contributed by atoms with Gasteiger partial charge in [-0.15, -0.1) is 0 Å². The van der Waals surface area contributed by atoms with Gasteiger partial charge in [-0.3, -0.25) is 4.98 Å². The molecular weight excluding hydrogens is 321 g/mol. The molecule has 0 radical (unpaired) electrons. The molecule has 1 N–H and O–H groups in total. The van der Waals surface area contributed by atoms with Crippen LogP contribution >= 0.6 is 15.9 Å². The Kier molecular flexibility index (Phi) is 4.09. The number of halogens is 4. The van der Waals surface area contributed by atoms with Crippen molar-refractivity contribution in [3.8, 4) is 0 Å². The molecule has 0 atom stereocenters. The molecule has 100 valence electrons. The second kappa shape index (κ2) is 5.61. The van der Waals surface area contributed by atoms with Crippen LogP contribution in [0, 0.1) is 0 Å². The quantitative estimate of drug-likeness (QED) is 0.897. The maximum Gasteiger partial charge on any atom is 0.416 e. The summed E-state index contributed by atoms with van der Waals surface area (Å²) in [7, 11) is 0. The Morgan fingerprint density at radius 2 is 1.74 bits per heavy atom. The highest BCUT2D eigenvalue weighted by Crippen LogP contribution is 2.29. The minimum atomic E-state index is -4.30. The highest BCUT2D eigenvalue weighted by atomic mass is 79.9. The monoisotopic (exact) mass is 330 g/mol. The fourth-order valence-electron chi connectivity index (χ4n) is 1.48. The minimum Gasteiger partial charge on any atom is -0.379 e. The van der Waals surface area contributed by atoms with Gasteiger partial charge in [0.05, 0.1) is 17.8 Å². The van der Waals surface area contributed by atoms with Crippen molar-refractivity contribution in [1.82, 2.24) is 4.98 Å². The molecule has 0 spiro atoms. The van der Waals surface area contributed by atoms with E-state index in [2.05, 4.69) is 26.2 Å². The molecule has 1 aromatic carbocycles. The number of pyridine rings is 1. The third-order valence-electron chi connectivity index (χ3n) is 2.47. The second-order valence-electron chi connectivity index (χ2n) is 3.90. The molecule has 0 saturated heterocycles. The maximum atomic E-state index is 12.4. The fraction of sp³-hybridized carbons (Fsp3) is 0.154. The zero-order chi connectivity index (χ0) is 13.9. The first kappa shape index (κ1) is 13.9. The van der Waals surface area contributed by atoms with Gasteiger partial charge >= 0.3 is 6.18 Å². The molecule has 19 heavy (non-hydrogen) atoms. The number of anilines is 1. The summed E-state index contributed by atoms with van der Waals surface area (Å²) < 4.78 is 38.0. The molecule has 0 aliphatic heterocycles. The van der Waals surface area contributed by atoms with Gasteiger partial charge in [-0.1, -0.05) is 0 Å². The zero-order valence-corrected chi connectivity index (χ0v) is 11.3. The van der Waals surface area contributed by atoms with Gasteiger partial charge < -0.3 is 5.32 Å². The zero-order valence-electron chi connectivity index (χ0n) is 9.71. The summed E-state index contributed by atoms with van der Waals surface area (Å²) >= 11 is 3.28. The van der Waals surface area contributed by atoms with Crippen molar-refractivity contribution in [2.45, 2.75) is 12.7 Å². The summed E-state index contributed by atoms with van der Waals surface area (Å²) in [6.45, 7) is 0.457. The third kappa shape index (κ3) is 3.96. The maximum absolute atomic E-state index is 12.4. The molecule has 0 aliphatic rings. The van der Waals surface area contributed by atoms with Crippen molar-refractivity contribution >= 4 is 21.6 Å². The highest BCUT2D eigenvalue weighted by Gasteiger charge is 2.29. The van der Waals surface area contributed by atoms with Crippen LogP contribution in [0.5, 0.6) is 0 Å². The summed E-state index contributed by atoms with van der Waals surface area (Å²) in [6, 6.07) is 8.61. The summed E-state index contributed by atoms with van der Waals surface area (Å²) in [6.07, 6.45) is -2.63. The molecule has 1 heterocycles. The van der Waals surface area contributed by atoms with Crippen molar-refractivity contribution in [1.29, 1.82) is 0 Å². The van der Waals surface area contributed by atoms with E-state index >= 15 is 0 Å². The Morgan fingerprint density at radius 1 is 1.05 bits per heavy atom. The van der Waals surface area contributed by atoms with Gasteiger partial charge in [-0.05, 0) is 52.3 Å². The van der Waals surface area contributed by atoms with Gasteiger partial charge in [0, 0.05) is 16.4 Å². The lowest BCUT2D eigenvalue weighted by Crippen LogP contribution is -2.05. The average molecular weight is 331 g/mol. The number of benzene rings is 1. The van der Waals surface area contributed by atoms with E-state index in [-0.39, 0.29) is 0 Å². The molecule has 2 rings (SSSR count). The lowest BCUT2D eigenvalue weighted by Gasteiger charge is -2.09. The van der Waals surface area contributed by atoms with E-state index in [1.54, 1.807) is 6.20 Å². The first-order chi connectivity index (χ1) is 8.95. The number of rotatable bonds is 3. The summed E-state index contributed by atoms with van der Waals surface area (Å²) in [5.41, 5.74) is 0.778. The standard InChI is InChI=1S/C13H10BrF3N2/c14-10-3-6-12(18-7-10)8-19-11-4-1-9(2-5-11)13(15,16)17/h1-7,19H,8H2. The first-order valence-electron chi connectivity index (χ1n) is 5.47. The van der Waals surface area contributed by atoms with Crippen molar-refractivity contribution in [2.75, 3.05) is 5.32 Å². The molecule has 0 amide bonds. The molecule has 0 unspecified atom stereocenters. The molecular formula is C13H10BrF3N2. The van der Waals surface area contributed by atoms with Crippen LogP contribution in [-0.2, 0) is 12.7 Å². The Morgan fingerprint density at radius 3 is 2.26 bits per heavy atom. The van der Waals surface area contributed by atoms with Crippen LogP contribution in [0.1, 0.15) is 11.3 Å². The fourth-order valence-corrected chi connectivity index (χ4v) is 1.72. The largest absolute Gasteiger partial charge is 0.416 e.